The van der Waals surface area contributed by atoms with Crippen LogP contribution in [0.1, 0.15) is 24.0 Å². The molecule has 3 N–H and O–H groups in total. The summed E-state index contributed by atoms with van der Waals surface area (Å²) in [7, 11) is -2.14. The molecule has 1 aromatic carbocycles. The average Bonchev–Trinajstić information content (AvgIpc) is 3.19. The standard InChI is InChI=1S/C14H22N2O3S/c1-9-6-10(2)14(19-3)13(7-9)20(17,18)16-12(8-15)11-4-5-11/h6-7,11-12,16H,4-5,8,15H2,1-3H3. The van der Waals surface area contributed by atoms with E-state index in [-0.39, 0.29) is 10.9 Å². The highest BCUT2D eigenvalue weighted by atomic mass is 32.2. The lowest BCUT2D eigenvalue weighted by Crippen LogP contribution is -2.41. The molecule has 6 heteroatoms. The number of sulfonamides is 1. The van der Waals surface area contributed by atoms with Crippen molar-refractivity contribution >= 4 is 10.0 Å². The molecule has 0 spiro atoms. The number of aryl methyl sites for hydroxylation is 2. The van der Waals surface area contributed by atoms with Gasteiger partial charge in [-0.15, -0.1) is 0 Å². The second kappa shape index (κ2) is 5.71. The Morgan fingerprint density at radius 1 is 1.40 bits per heavy atom. The van der Waals surface area contributed by atoms with Crippen molar-refractivity contribution in [3.8, 4) is 5.75 Å². The molecule has 1 saturated carbocycles. The number of nitrogens with one attached hydrogen (secondary N) is 1. The van der Waals surface area contributed by atoms with E-state index >= 15 is 0 Å². The predicted molar refractivity (Wildman–Crippen MR) is 78.4 cm³/mol. The molecule has 0 radical (unpaired) electrons. The average molecular weight is 298 g/mol. The molecule has 1 aliphatic rings. The van der Waals surface area contributed by atoms with Gasteiger partial charge in [0.15, 0.2) is 0 Å². The Bertz CT molecular complexity index is 595. The first kappa shape index (κ1) is 15.3. The summed E-state index contributed by atoms with van der Waals surface area (Å²) in [6.45, 7) is 4.02. The minimum absolute atomic E-state index is 0.189. The normalized spacial score (nSPS) is 17.0. The number of methoxy groups -OCH3 is 1. The van der Waals surface area contributed by atoms with E-state index in [0.717, 1.165) is 24.0 Å². The zero-order valence-electron chi connectivity index (χ0n) is 12.1. The summed E-state index contributed by atoms with van der Waals surface area (Å²) >= 11 is 0. The second-order valence-corrected chi connectivity index (χ2v) is 7.10. The highest BCUT2D eigenvalue weighted by Gasteiger charge is 2.34. The third-order valence-electron chi connectivity index (χ3n) is 3.63. The molecule has 1 aliphatic carbocycles. The lowest BCUT2D eigenvalue weighted by Gasteiger charge is -2.19. The predicted octanol–water partition coefficient (Wildman–Crippen LogP) is 1.33. The molecular weight excluding hydrogens is 276 g/mol. The van der Waals surface area contributed by atoms with Crippen molar-refractivity contribution < 1.29 is 13.2 Å². The fourth-order valence-electron chi connectivity index (χ4n) is 2.47. The fourth-order valence-corrected chi connectivity index (χ4v) is 4.12. The van der Waals surface area contributed by atoms with Crippen LogP contribution in [0.15, 0.2) is 17.0 Å². The molecule has 1 fully saturated rings. The Labute approximate surface area is 120 Å². The maximum absolute atomic E-state index is 12.6. The minimum Gasteiger partial charge on any atom is -0.495 e. The number of hydrogen-bond acceptors (Lipinski definition) is 4. The summed E-state index contributed by atoms with van der Waals surface area (Å²) in [5.74, 6) is 0.765. The van der Waals surface area contributed by atoms with Crippen molar-refractivity contribution in [1.82, 2.24) is 4.72 Å². The Kier molecular flexibility index (Phi) is 4.36. The van der Waals surface area contributed by atoms with Gasteiger partial charge in [0.2, 0.25) is 10.0 Å². The number of nitrogens with two attached hydrogens (primary N) is 1. The van der Waals surface area contributed by atoms with Crippen LogP contribution >= 0.6 is 0 Å². The topological polar surface area (TPSA) is 81.4 Å². The van der Waals surface area contributed by atoms with E-state index < -0.39 is 10.0 Å². The molecule has 1 unspecified atom stereocenters. The van der Waals surface area contributed by atoms with Crippen LogP contribution in [0.4, 0.5) is 0 Å². The molecule has 5 nitrogen and oxygen atoms in total. The first-order chi connectivity index (χ1) is 9.39. The van der Waals surface area contributed by atoms with Gasteiger partial charge >= 0.3 is 0 Å². The van der Waals surface area contributed by atoms with Gasteiger partial charge in [0.1, 0.15) is 10.6 Å². The fraction of sp³-hybridized carbons (Fsp3) is 0.571. The van der Waals surface area contributed by atoms with Crippen molar-refractivity contribution in [1.29, 1.82) is 0 Å². The summed E-state index contributed by atoms with van der Waals surface area (Å²) in [6.07, 6.45) is 2.07. The first-order valence-electron chi connectivity index (χ1n) is 6.76. The minimum atomic E-state index is -3.62. The van der Waals surface area contributed by atoms with Crippen LogP contribution in [-0.4, -0.2) is 28.1 Å². The summed E-state index contributed by atoms with van der Waals surface area (Å²) in [4.78, 5) is 0.191. The molecule has 0 aromatic heterocycles. The van der Waals surface area contributed by atoms with Gasteiger partial charge in [-0.05, 0) is 49.8 Å². The first-order valence-corrected chi connectivity index (χ1v) is 8.25. The van der Waals surface area contributed by atoms with Crippen LogP contribution in [0, 0.1) is 19.8 Å². The van der Waals surface area contributed by atoms with E-state index in [9.17, 15) is 8.42 Å². The lowest BCUT2D eigenvalue weighted by molar-refractivity contribution is 0.398. The van der Waals surface area contributed by atoms with Crippen molar-refractivity contribution in [2.75, 3.05) is 13.7 Å². The van der Waals surface area contributed by atoms with E-state index in [1.165, 1.54) is 7.11 Å². The van der Waals surface area contributed by atoms with Gasteiger partial charge in [0.05, 0.1) is 7.11 Å². The molecule has 2 rings (SSSR count). The van der Waals surface area contributed by atoms with Gasteiger partial charge in [-0.3, -0.25) is 0 Å². The molecule has 0 bridgehead atoms. The Morgan fingerprint density at radius 2 is 2.05 bits per heavy atom. The van der Waals surface area contributed by atoms with E-state index in [1.807, 2.05) is 19.9 Å². The summed E-state index contributed by atoms with van der Waals surface area (Å²) in [5, 5.41) is 0. The van der Waals surface area contributed by atoms with Crippen LogP contribution < -0.4 is 15.2 Å². The summed E-state index contributed by atoms with van der Waals surface area (Å²) in [5.41, 5.74) is 7.37. The van der Waals surface area contributed by atoms with E-state index in [0.29, 0.717) is 18.2 Å². The number of rotatable bonds is 6. The van der Waals surface area contributed by atoms with Crippen LogP contribution in [0.3, 0.4) is 0 Å². The zero-order chi connectivity index (χ0) is 14.9. The monoisotopic (exact) mass is 298 g/mol. The maximum Gasteiger partial charge on any atom is 0.244 e. The van der Waals surface area contributed by atoms with Crippen molar-refractivity contribution in [2.24, 2.45) is 11.7 Å². The van der Waals surface area contributed by atoms with E-state index in [2.05, 4.69) is 4.72 Å². The third-order valence-corrected chi connectivity index (χ3v) is 5.13. The van der Waals surface area contributed by atoms with E-state index in [1.54, 1.807) is 6.07 Å². The Morgan fingerprint density at radius 3 is 2.55 bits per heavy atom. The Hall–Kier alpha value is -1.11. The largest absolute Gasteiger partial charge is 0.495 e. The lowest BCUT2D eigenvalue weighted by atomic mass is 10.1. The van der Waals surface area contributed by atoms with Crippen LogP contribution in [-0.2, 0) is 10.0 Å². The van der Waals surface area contributed by atoms with Gasteiger partial charge in [0, 0.05) is 12.6 Å². The van der Waals surface area contributed by atoms with Crippen LogP contribution in [0.25, 0.3) is 0 Å². The molecular formula is C14H22N2O3S. The molecule has 0 aliphatic heterocycles. The molecule has 1 aromatic rings. The van der Waals surface area contributed by atoms with Gasteiger partial charge in [-0.25, -0.2) is 13.1 Å². The van der Waals surface area contributed by atoms with Crippen molar-refractivity contribution in [2.45, 2.75) is 37.6 Å². The van der Waals surface area contributed by atoms with Gasteiger partial charge in [-0.1, -0.05) is 6.07 Å². The van der Waals surface area contributed by atoms with Crippen LogP contribution in [0.5, 0.6) is 5.75 Å². The number of benzene rings is 1. The number of ether oxygens (including phenoxy) is 1. The molecule has 0 amide bonds. The van der Waals surface area contributed by atoms with Gasteiger partial charge in [-0.2, -0.15) is 0 Å². The third kappa shape index (κ3) is 3.13. The molecule has 0 heterocycles. The summed E-state index contributed by atoms with van der Waals surface area (Å²) < 4.78 is 33.1. The Balaban J connectivity index is 2.37. The molecule has 112 valence electrons. The quantitative estimate of drug-likeness (QED) is 0.830. The zero-order valence-corrected chi connectivity index (χ0v) is 13.0. The molecule has 1 atom stereocenters. The molecule has 20 heavy (non-hydrogen) atoms. The summed E-state index contributed by atoms with van der Waals surface area (Å²) in [6, 6.07) is 3.35. The molecule has 0 saturated heterocycles. The SMILES string of the molecule is COc1c(C)cc(C)cc1S(=O)(=O)NC(CN)C1CC1. The van der Waals surface area contributed by atoms with Crippen LogP contribution in [0.2, 0.25) is 0 Å². The highest BCUT2D eigenvalue weighted by Crippen LogP contribution is 2.34. The van der Waals surface area contributed by atoms with Crippen molar-refractivity contribution in [3.63, 3.8) is 0 Å². The maximum atomic E-state index is 12.6. The second-order valence-electron chi connectivity index (χ2n) is 5.41. The van der Waals surface area contributed by atoms with Gasteiger partial charge in [0.25, 0.3) is 0 Å². The number of hydrogen-bond donors (Lipinski definition) is 2. The van der Waals surface area contributed by atoms with Crippen molar-refractivity contribution in [3.05, 3.63) is 23.3 Å². The van der Waals surface area contributed by atoms with E-state index in [4.69, 9.17) is 10.5 Å². The van der Waals surface area contributed by atoms with Gasteiger partial charge < -0.3 is 10.5 Å². The highest BCUT2D eigenvalue weighted by molar-refractivity contribution is 7.89. The smallest absolute Gasteiger partial charge is 0.244 e.